The van der Waals surface area contributed by atoms with E-state index in [1.807, 2.05) is 86.6 Å². The van der Waals surface area contributed by atoms with Crippen LogP contribution in [0.1, 0.15) is 21.5 Å². The van der Waals surface area contributed by atoms with Gasteiger partial charge >= 0.3 is 5.97 Å². The van der Waals surface area contributed by atoms with Gasteiger partial charge < -0.3 is 4.74 Å². The molecule has 0 unspecified atom stereocenters. The maximum atomic E-state index is 13.0. The number of benzene rings is 3. The van der Waals surface area contributed by atoms with E-state index in [0.717, 1.165) is 33.3 Å². The Bertz CT molecular complexity index is 1130. The Morgan fingerprint density at radius 3 is 2.41 bits per heavy atom. The molecule has 0 fully saturated rings. The lowest BCUT2D eigenvalue weighted by Crippen LogP contribution is -2.10. The highest BCUT2D eigenvalue weighted by Crippen LogP contribution is 2.27. The number of pyridine rings is 1. The minimum Gasteiger partial charge on any atom is -0.423 e. The van der Waals surface area contributed by atoms with Crippen molar-refractivity contribution in [2.24, 2.45) is 0 Å². The number of esters is 1. The third kappa shape index (κ3) is 3.44. The Labute approximate surface area is 158 Å². The van der Waals surface area contributed by atoms with Gasteiger partial charge in [-0.2, -0.15) is 0 Å². The Morgan fingerprint density at radius 2 is 1.63 bits per heavy atom. The highest BCUT2D eigenvalue weighted by atomic mass is 16.5. The zero-order valence-corrected chi connectivity index (χ0v) is 15.3. The molecule has 0 aliphatic rings. The normalized spacial score (nSPS) is 10.7. The van der Waals surface area contributed by atoms with Gasteiger partial charge in [0.2, 0.25) is 0 Å². The molecule has 27 heavy (non-hydrogen) atoms. The van der Waals surface area contributed by atoms with Crippen LogP contribution in [0.2, 0.25) is 0 Å². The summed E-state index contributed by atoms with van der Waals surface area (Å²) >= 11 is 0. The van der Waals surface area contributed by atoms with Gasteiger partial charge in [0, 0.05) is 10.9 Å². The van der Waals surface area contributed by atoms with Crippen LogP contribution in [0.5, 0.6) is 5.75 Å². The molecule has 3 aromatic carbocycles. The fourth-order valence-electron chi connectivity index (χ4n) is 3.16. The van der Waals surface area contributed by atoms with Crippen molar-refractivity contribution in [3.05, 3.63) is 95.6 Å². The van der Waals surface area contributed by atoms with E-state index in [1.54, 1.807) is 6.07 Å². The smallest absolute Gasteiger partial charge is 0.344 e. The minimum absolute atomic E-state index is 0.379. The number of rotatable bonds is 3. The number of aryl methyl sites for hydroxylation is 2. The molecule has 3 nitrogen and oxygen atoms in total. The summed E-state index contributed by atoms with van der Waals surface area (Å²) in [6, 6.07) is 25.0. The van der Waals surface area contributed by atoms with Crippen molar-refractivity contribution in [1.82, 2.24) is 4.98 Å². The lowest BCUT2D eigenvalue weighted by atomic mass is 10.0. The van der Waals surface area contributed by atoms with Crippen LogP contribution >= 0.6 is 0 Å². The summed E-state index contributed by atoms with van der Waals surface area (Å²) in [5.41, 5.74) is 5.12. The van der Waals surface area contributed by atoms with Crippen molar-refractivity contribution in [2.45, 2.75) is 13.8 Å². The summed E-state index contributed by atoms with van der Waals surface area (Å²) in [7, 11) is 0. The number of hydrogen-bond donors (Lipinski definition) is 0. The van der Waals surface area contributed by atoms with Crippen LogP contribution in [-0.4, -0.2) is 11.0 Å². The van der Waals surface area contributed by atoms with Crippen molar-refractivity contribution >= 4 is 16.9 Å². The average Bonchev–Trinajstić information content (AvgIpc) is 2.68. The molecule has 0 spiro atoms. The molecule has 3 heteroatoms. The van der Waals surface area contributed by atoms with E-state index >= 15 is 0 Å². The van der Waals surface area contributed by atoms with E-state index in [2.05, 4.69) is 0 Å². The van der Waals surface area contributed by atoms with Crippen molar-refractivity contribution in [1.29, 1.82) is 0 Å². The lowest BCUT2D eigenvalue weighted by Gasteiger charge is -2.11. The van der Waals surface area contributed by atoms with E-state index < -0.39 is 0 Å². The maximum absolute atomic E-state index is 13.0. The average molecular weight is 353 g/mol. The fourth-order valence-corrected chi connectivity index (χ4v) is 3.16. The van der Waals surface area contributed by atoms with Gasteiger partial charge in [0.1, 0.15) is 5.75 Å². The number of nitrogens with zero attached hydrogens (tertiary/aromatic N) is 1. The minimum atomic E-state index is -0.379. The molecule has 1 heterocycles. The van der Waals surface area contributed by atoms with Gasteiger partial charge in [0.15, 0.2) is 0 Å². The molecule has 0 atom stereocenters. The standard InChI is InChI=1S/C24H19NO2/c1-16-8-6-12-19(14-16)27-24(26)21-15-22(18-10-4-3-5-11-18)25-23-17(2)9-7-13-20(21)23/h3-15H,1-2H3. The molecule has 1 aromatic heterocycles. The molecule has 4 aromatic rings. The summed E-state index contributed by atoms with van der Waals surface area (Å²) in [6.07, 6.45) is 0. The summed E-state index contributed by atoms with van der Waals surface area (Å²) in [6.45, 7) is 3.97. The van der Waals surface area contributed by atoms with Crippen LogP contribution in [0, 0.1) is 13.8 Å². The molecule has 0 saturated carbocycles. The first-order valence-corrected chi connectivity index (χ1v) is 8.86. The summed E-state index contributed by atoms with van der Waals surface area (Å²) < 4.78 is 5.65. The van der Waals surface area contributed by atoms with Gasteiger partial charge in [-0.3, -0.25) is 0 Å². The molecule has 132 valence electrons. The molecule has 0 radical (unpaired) electrons. The van der Waals surface area contributed by atoms with E-state index in [9.17, 15) is 4.79 Å². The number of carbonyl (C=O) groups is 1. The third-order valence-electron chi connectivity index (χ3n) is 4.53. The van der Waals surface area contributed by atoms with Crippen LogP contribution in [0.3, 0.4) is 0 Å². The first-order valence-electron chi connectivity index (χ1n) is 8.86. The predicted molar refractivity (Wildman–Crippen MR) is 108 cm³/mol. The van der Waals surface area contributed by atoms with Crippen LogP contribution in [0.4, 0.5) is 0 Å². The Morgan fingerprint density at radius 1 is 0.852 bits per heavy atom. The monoisotopic (exact) mass is 353 g/mol. The highest BCUT2D eigenvalue weighted by molar-refractivity contribution is 6.06. The van der Waals surface area contributed by atoms with Crippen molar-refractivity contribution in [2.75, 3.05) is 0 Å². The molecule has 0 aliphatic heterocycles. The second-order valence-electron chi connectivity index (χ2n) is 6.60. The summed E-state index contributed by atoms with van der Waals surface area (Å²) in [4.78, 5) is 17.8. The molecule has 0 aliphatic carbocycles. The number of ether oxygens (including phenoxy) is 1. The first-order chi connectivity index (χ1) is 13.1. The summed E-state index contributed by atoms with van der Waals surface area (Å²) in [5.74, 6) is 0.162. The topological polar surface area (TPSA) is 39.2 Å². The third-order valence-corrected chi connectivity index (χ3v) is 4.53. The van der Waals surface area contributed by atoms with Crippen molar-refractivity contribution < 1.29 is 9.53 Å². The van der Waals surface area contributed by atoms with E-state index in [0.29, 0.717) is 11.3 Å². The van der Waals surface area contributed by atoms with Crippen molar-refractivity contribution in [3.8, 4) is 17.0 Å². The number of hydrogen-bond acceptors (Lipinski definition) is 3. The van der Waals surface area contributed by atoms with Gasteiger partial charge in [-0.05, 0) is 43.2 Å². The zero-order valence-electron chi connectivity index (χ0n) is 15.3. The molecule has 0 saturated heterocycles. The second kappa shape index (κ2) is 7.04. The van der Waals surface area contributed by atoms with Crippen LogP contribution in [-0.2, 0) is 0 Å². The van der Waals surface area contributed by atoms with Crippen LogP contribution in [0.15, 0.2) is 78.9 Å². The van der Waals surface area contributed by atoms with Gasteiger partial charge in [0.25, 0.3) is 0 Å². The highest BCUT2D eigenvalue weighted by Gasteiger charge is 2.17. The molecule has 0 amide bonds. The molecule has 4 rings (SSSR count). The predicted octanol–water partition coefficient (Wildman–Crippen LogP) is 5.74. The lowest BCUT2D eigenvalue weighted by molar-refractivity contribution is 0.0737. The van der Waals surface area contributed by atoms with E-state index in [1.165, 1.54) is 0 Å². The number of para-hydroxylation sites is 1. The molecular formula is C24H19NO2. The maximum Gasteiger partial charge on any atom is 0.344 e. The van der Waals surface area contributed by atoms with Gasteiger partial charge in [-0.25, -0.2) is 9.78 Å². The van der Waals surface area contributed by atoms with Crippen LogP contribution in [0.25, 0.3) is 22.2 Å². The van der Waals surface area contributed by atoms with Crippen molar-refractivity contribution in [3.63, 3.8) is 0 Å². The Kier molecular flexibility index (Phi) is 4.43. The molecule has 0 bridgehead atoms. The number of fused-ring (bicyclic) bond motifs is 1. The SMILES string of the molecule is Cc1cccc(OC(=O)c2cc(-c3ccccc3)nc3c(C)cccc23)c1. The Balaban J connectivity index is 1.85. The number of carbonyl (C=O) groups excluding carboxylic acids is 1. The summed E-state index contributed by atoms with van der Waals surface area (Å²) in [5, 5.41) is 0.798. The van der Waals surface area contributed by atoms with Gasteiger partial charge in [-0.1, -0.05) is 60.7 Å². The molecule has 0 N–H and O–H groups in total. The van der Waals surface area contributed by atoms with Crippen LogP contribution < -0.4 is 4.74 Å². The quantitative estimate of drug-likeness (QED) is 0.348. The molecular weight excluding hydrogens is 334 g/mol. The van der Waals surface area contributed by atoms with E-state index in [4.69, 9.17) is 9.72 Å². The zero-order chi connectivity index (χ0) is 18.8. The number of aromatic nitrogens is 1. The second-order valence-corrected chi connectivity index (χ2v) is 6.60. The fraction of sp³-hybridized carbons (Fsp3) is 0.0833. The van der Waals surface area contributed by atoms with Gasteiger partial charge in [0.05, 0.1) is 16.8 Å². The largest absolute Gasteiger partial charge is 0.423 e. The van der Waals surface area contributed by atoms with E-state index in [-0.39, 0.29) is 5.97 Å². The Hall–Kier alpha value is -3.46. The first kappa shape index (κ1) is 17.0. The van der Waals surface area contributed by atoms with Gasteiger partial charge in [-0.15, -0.1) is 0 Å².